The molecule has 0 bridgehead atoms. The number of nitrogens with zero attached hydrogens (tertiary/aromatic N) is 4. The van der Waals surface area contributed by atoms with E-state index in [4.69, 9.17) is 4.99 Å². The predicted octanol–water partition coefficient (Wildman–Crippen LogP) is 5.08. The van der Waals surface area contributed by atoms with Crippen molar-refractivity contribution in [1.29, 1.82) is 5.26 Å². The summed E-state index contributed by atoms with van der Waals surface area (Å²) in [4.78, 5) is 17.8. The summed E-state index contributed by atoms with van der Waals surface area (Å²) >= 11 is 2.58. The van der Waals surface area contributed by atoms with E-state index in [1.165, 1.54) is 34.3 Å². The molecule has 1 fully saturated rings. The van der Waals surface area contributed by atoms with Crippen molar-refractivity contribution >= 4 is 27.9 Å². The smallest absolute Gasteiger partial charge is 0.267 e. The molecule has 0 unspecified atom stereocenters. The minimum atomic E-state index is -4.49. The molecule has 0 radical (unpaired) electrons. The standard InChI is InChI=1S/C18H13F3N4OS2.C2H6/c1-25-15(26)14-13(8-23-25)17(4-5-17)24-16(28-14)27-9-10-2-3-12(18(19,20)21)6-11(10)7-22;1-2/h2-3,6,8H,4-5,9H2,1H3;1-2H3. The fraction of sp³-hybridized carbons (Fsp3) is 0.400. The number of rotatable bonds is 2. The van der Waals surface area contributed by atoms with Crippen LogP contribution >= 0.6 is 23.5 Å². The Kier molecular flexibility index (Phi) is 6.34. The zero-order chi connectivity index (χ0) is 22.1. The van der Waals surface area contributed by atoms with Crippen LogP contribution in [0.1, 0.15) is 48.9 Å². The lowest BCUT2D eigenvalue weighted by atomic mass is 10.1. The van der Waals surface area contributed by atoms with Gasteiger partial charge in [0.15, 0.2) is 0 Å². The Bertz CT molecular complexity index is 1100. The van der Waals surface area contributed by atoms with Crippen molar-refractivity contribution in [1.82, 2.24) is 9.78 Å². The summed E-state index contributed by atoms with van der Waals surface area (Å²) in [5, 5.41) is 13.3. The monoisotopic (exact) mass is 452 g/mol. The van der Waals surface area contributed by atoms with Crippen molar-refractivity contribution in [2.45, 2.75) is 49.1 Å². The van der Waals surface area contributed by atoms with Crippen LogP contribution < -0.4 is 5.56 Å². The third-order valence-electron chi connectivity index (χ3n) is 4.72. The zero-order valence-electron chi connectivity index (χ0n) is 16.6. The molecular formula is C20H19F3N4OS2. The number of alkyl halides is 3. The Labute approximate surface area is 180 Å². The van der Waals surface area contributed by atoms with Gasteiger partial charge in [0.2, 0.25) is 0 Å². The highest BCUT2D eigenvalue weighted by Crippen LogP contribution is 2.55. The number of hydrogen-bond acceptors (Lipinski definition) is 6. The van der Waals surface area contributed by atoms with Crippen LogP contribution in [0.2, 0.25) is 0 Å². The molecule has 0 saturated heterocycles. The number of hydrogen-bond donors (Lipinski definition) is 0. The maximum Gasteiger partial charge on any atom is 0.416 e. The molecule has 0 atom stereocenters. The first-order valence-corrected chi connectivity index (χ1v) is 11.1. The second kappa shape index (κ2) is 8.47. The number of thioether (sulfide) groups is 2. The minimum absolute atomic E-state index is 0.00890. The van der Waals surface area contributed by atoms with E-state index in [1.807, 2.05) is 19.9 Å². The fourth-order valence-corrected chi connectivity index (χ4v) is 5.38. The van der Waals surface area contributed by atoms with E-state index in [-0.39, 0.29) is 11.1 Å². The van der Waals surface area contributed by atoms with Crippen LogP contribution in [-0.2, 0) is 24.5 Å². The summed E-state index contributed by atoms with van der Waals surface area (Å²) in [6.45, 7) is 4.00. The van der Waals surface area contributed by atoms with Crippen LogP contribution in [0.15, 0.2) is 39.1 Å². The van der Waals surface area contributed by atoms with Gasteiger partial charge < -0.3 is 0 Å². The first-order chi connectivity index (χ1) is 14.2. The number of fused-ring (bicyclic) bond motifs is 2. The second-order valence-corrected chi connectivity index (χ2v) is 8.82. The third kappa shape index (κ3) is 4.27. The molecule has 2 aromatic rings. The molecule has 1 spiro atoms. The van der Waals surface area contributed by atoms with Crippen LogP contribution in [0.5, 0.6) is 0 Å². The highest BCUT2D eigenvalue weighted by molar-refractivity contribution is 8.38. The quantitative estimate of drug-likeness (QED) is 0.635. The van der Waals surface area contributed by atoms with E-state index in [0.717, 1.165) is 30.5 Å². The summed E-state index contributed by atoms with van der Waals surface area (Å²) in [6, 6.07) is 5.00. The Hall–Kier alpha value is -2.25. The molecule has 30 heavy (non-hydrogen) atoms. The first kappa shape index (κ1) is 22.4. The van der Waals surface area contributed by atoms with Gasteiger partial charge in [-0.25, -0.2) is 4.68 Å². The molecule has 10 heteroatoms. The lowest BCUT2D eigenvalue weighted by Crippen LogP contribution is -2.27. The number of aliphatic imine (C=N–C) groups is 1. The highest BCUT2D eigenvalue weighted by atomic mass is 32.2. The van der Waals surface area contributed by atoms with Crippen LogP contribution in [-0.4, -0.2) is 14.2 Å². The van der Waals surface area contributed by atoms with Crippen molar-refractivity contribution in [3.8, 4) is 6.07 Å². The molecule has 4 rings (SSSR count). The first-order valence-electron chi connectivity index (χ1n) is 9.31. The average Bonchev–Trinajstić information content (AvgIpc) is 3.49. The minimum Gasteiger partial charge on any atom is -0.267 e. The van der Waals surface area contributed by atoms with Gasteiger partial charge in [-0.1, -0.05) is 43.4 Å². The van der Waals surface area contributed by atoms with Crippen LogP contribution in [0.25, 0.3) is 0 Å². The summed E-state index contributed by atoms with van der Waals surface area (Å²) in [5.74, 6) is 0.295. The summed E-state index contributed by atoms with van der Waals surface area (Å²) < 4.78 is 40.5. The lowest BCUT2D eigenvalue weighted by molar-refractivity contribution is -0.137. The van der Waals surface area contributed by atoms with E-state index in [2.05, 4.69) is 5.10 Å². The lowest BCUT2D eigenvalue weighted by Gasteiger charge is -2.22. The third-order valence-corrected chi connectivity index (χ3v) is 6.98. The van der Waals surface area contributed by atoms with Crippen molar-refractivity contribution < 1.29 is 13.2 Å². The van der Waals surface area contributed by atoms with E-state index in [9.17, 15) is 23.2 Å². The van der Waals surface area contributed by atoms with Gasteiger partial charge in [0.1, 0.15) is 4.38 Å². The molecule has 2 aliphatic rings. The maximum atomic E-state index is 12.8. The van der Waals surface area contributed by atoms with Gasteiger partial charge in [-0.2, -0.15) is 23.5 Å². The molecule has 1 aliphatic heterocycles. The zero-order valence-corrected chi connectivity index (χ0v) is 18.2. The molecule has 1 saturated carbocycles. The van der Waals surface area contributed by atoms with E-state index in [1.54, 1.807) is 13.2 Å². The normalized spacial score (nSPS) is 16.1. The van der Waals surface area contributed by atoms with Gasteiger partial charge in [-0.3, -0.25) is 9.79 Å². The summed E-state index contributed by atoms with van der Waals surface area (Å²) in [5.41, 5.74) is -0.0932. The summed E-state index contributed by atoms with van der Waals surface area (Å²) in [6.07, 6.45) is -1.13. The van der Waals surface area contributed by atoms with Gasteiger partial charge in [0.05, 0.1) is 33.8 Å². The van der Waals surface area contributed by atoms with E-state index < -0.39 is 17.3 Å². The molecule has 5 nitrogen and oxygen atoms in total. The average molecular weight is 453 g/mol. The molecule has 2 heterocycles. The van der Waals surface area contributed by atoms with Crippen LogP contribution in [0.4, 0.5) is 13.2 Å². The maximum absolute atomic E-state index is 12.8. The van der Waals surface area contributed by atoms with Gasteiger partial charge in [0, 0.05) is 18.4 Å². The molecule has 1 aromatic carbocycles. The summed E-state index contributed by atoms with van der Waals surface area (Å²) in [7, 11) is 1.59. The molecule has 0 amide bonds. The number of aryl methyl sites for hydroxylation is 1. The Morgan fingerprint density at radius 1 is 1.33 bits per heavy atom. The molecule has 1 aromatic heterocycles. The Balaban J connectivity index is 0.00000124. The number of aromatic nitrogens is 2. The Morgan fingerprint density at radius 2 is 2.03 bits per heavy atom. The molecule has 0 N–H and O–H groups in total. The highest BCUT2D eigenvalue weighted by Gasteiger charge is 2.49. The number of benzene rings is 1. The van der Waals surface area contributed by atoms with Crippen molar-refractivity contribution in [3.63, 3.8) is 0 Å². The Morgan fingerprint density at radius 3 is 2.63 bits per heavy atom. The van der Waals surface area contributed by atoms with E-state index >= 15 is 0 Å². The molecule has 1 aliphatic carbocycles. The van der Waals surface area contributed by atoms with Crippen molar-refractivity contribution in [2.24, 2.45) is 12.0 Å². The largest absolute Gasteiger partial charge is 0.416 e. The van der Waals surface area contributed by atoms with Gasteiger partial charge >= 0.3 is 6.18 Å². The topological polar surface area (TPSA) is 71.0 Å². The van der Waals surface area contributed by atoms with E-state index in [0.29, 0.717) is 20.6 Å². The number of halogens is 3. The van der Waals surface area contributed by atoms with Crippen LogP contribution in [0, 0.1) is 11.3 Å². The van der Waals surface area contributed by atoms with Crippen molar-refractivity contribution in [2.75, 3.05) is 0 Å². The SMILES string of the molecule is CC.Cn1ncc2c(c1=O)SC(SCc1ccc(C(F)(F)F)cc1C#N)=NC21CC1. The molecule has 158 valence electrons. The number of nitriles is 1. The fourth-order valence-electron chi connectivity index (χ4n) is 2.98. The van der Waals surface area contributed by atoms with Crippen LogP contribution in [0.3, 0.4) is 0 Å². The molecular weight excluding hydrogens is 433 g/mol. The van der Waals surface area contributed by atoms with Gasteiger partial charge in [-0.15, -0.1) is 0 Å². The van der Waals surface area contributed by atoms with Crippen molar-refractivity contribution in [3.05, 3.63) is 57.0 Å². The second-order valence-electron chi connectivity index (χ2n) is 6.60. The van der Waals surface area contributed by atoms with Gasteiger partial charge in [-0.05, 0) is 30.5 Å². The predicted molar refractivity (Wildman–Crippen MR) is 112 cm³/mol. The van der Waals surface area contributed by atoms with Gasteiger partial charge in [0.25, 0.3) is 5.56 Å².